The van der Waals surface area contributed by atoms with Crippen LogP contribution >= 0.6 is 0 Å². The van der Waals surface area contributed by atoms with E-state index < -0.39 is 6.10 Å². The minimum atomic E-state index is -0.492. The van der Waals surface area contributed by atoms with Crippen LogP contribution in [0, 0.1) is 0 Å². The van der Waals surface area contributed by atoms with Crippen LogP contribution in [0.3, 0.4) is 0 Å². The number of aliphatic hydroxyl groups excluding tert-OH is 1. The number of hydrogen-bond acceptors (Lipinski definition) is 4. The van der Waals surface area contributed by atoms with Gasteiger partial charge in [0.15, 0.2) is 0 Å². The molecule has 102 valence electrons. The van der Waals surface area contributed by atoms with Gasteiger partial charge < -0.3 is 15.2 Å². The van der Waals surface area contributed by atoms with Crippen molar-refractivity contribution < 1.29 is 9.84 Å². The third kappa shape index (κ3) is 6.10. The van der Waals surface area contributed by atoms with Crippen molar-refractivity contribution in [3.63, 3.8) is 0 Å². The largest absolute Gasteiger partial charge is 0.389 e. The van der Waals surface area contributed by atoms with Crippen molar-refractivity contribution in [1.82, 2.24) is 10.3 Å². The highest BCUT2D eigenvalue weighted by Crippen LogP contribution is 2.10. The smallest absolute Gasteiger partial charge is 0.0898 e. The predicted molar refractivity (Wildman–Crippen MR) is 72.4 cm³/mol. The summed E-state index contributed by atoms with van der Waals surface area (Å²) >= 11 is 0. The first-order chi connectivity index (χ1) is 8.38. The van der Waals surface area contributed by atoms with Gasteiger partial charge in [0.05, 0.1) is 18.3 Å². The molecule has 0 radical (unpaired) electrons. The molecule has 2 N–H and O–H groups in total. The molecule has 4 nitrogen and oxygen atoms in total. The third-order valence-corrected chi connectivity index (χ3v) is 2.57. The zero-order valence-corrected chi connectivity index (χ0v) is 11.7. The summed E-state index contributed by atoms with van der Waals surface area (Å²) in [6, 6.07) is 4.13. The normalized spacial score (nSPS) is 15.4. The van der Waals surface area contributed by atoms with Crippen LogP contribution in [-0.2, 0) is 4.74 Å². The summed E-state index contributed by atoms with van der Waals surface area (Å²) in [5, 5.41) is 13.1. The molecule has 2 unspecified atom stereocenters. The Morgan fingerprint density at radius 2 is 1.94 bits per heavy atom. The number of nitrogens with zero attached hydrogens (tertiary/aromatic N) is 1. The summed E-state index contributed by atoms with van der Waals surface area (Å²) in [6.07, 6.45) is 3.05. The standard InChI is InChI=1S/C14H24N2O2/c1-11(12-5-7-15-8-6-12)16-9-13(17)10-18-14(2,3)4/h5-8,11,13,16-17H,9-10H2,1-4H3. The highest BCUT2D eigenvalue weighted by atomic mass is 16.5. The van der Waals surface area contributed by atoms with E-state index in [1.54, 1.807) is 12.4 Å². The van der Waals surface area contributed by atoms with Crippen molar-refractivity contribution >= 4 is 0 Å². The molecule has 2 atom stereocenters. The van der Waals surface area contributed by atoms with E-state index in [1.807, 2.05) is 32.9 Å². The quantitative estimate of drug-likeness (QED) is 0.812. The fourth-order valence-corrected chi connectivity index (χ4v) is 1.49. The average molecular weight is 252 g/mol. The van der Waals surface area contributed by atoms with Gasteiger partial charge in [-0.05, 0) is 45.4 Å². The van der Waals surface area contributed by atoms with Gasteiger partial charge in [0.25, 0.3) is 0 Å². The van der Waals surface area contributed by atoms with E-state index in [2.05, 4.69) is 17.2 Å². The topological polar surface area (TPSA) is 54.4 Å². The minimum absolute atomic E-state index is 0.192. The lowest BCUT2D eigenvalue weighted by molar-refractivity contribution is -0.0482. The van der Waals surface area contributed by atoms with E-state index in [0.29, 0.717) is 13.2 Å². The molecule has 18 heavy (non-hydrogen) atoms. The minimum Gasteiger partial charge on any atom is -0.389 e. The molecule has 1 aromatic rings. The number of hydrogen-bond donors (Lipinski definition) is 2. The molecule has 0 aliphatic heterocycles. The average Bonchev–Trinajstić information content (AvgIpc) is 2.33. The molecule has 0 bridgehead atoms. The molecule has 0 saturated heterocycles. The lowest BCUT2D eigenvalue weighted by Crippen LogP contribution is -2.34. The molecule has 0 saturated carbocycles. The molecule has 0 aliphatic rings. The SMILES string of the molecule is CC(NCC(O)COC(C)(C)C)c1ccncc1. The van der Waals surface area contributed by atoms with Crippen LogP contribution in [0.15, 0.2) is 24.5 Å². The molecular weight excluding hydrogens is 228 g/mol. The van der Waals surface area contributed by atoms with Crippen LogP contribution in [0.25, 0.3) is 0 Å². The second kappa shape index (κ2) is 6.83. The molecule has 0 aromatic carbocycles. The Kier molecular flexibility index (Phi) is 5.72. The van der Waals surface area contributed by atoms with Crippen LogP contribution in [0.4, 0.5) is 0 Å². The van der Waals surface area contributed by atoms with Crippen LogP contribution in [0.2, 0.25) is 0 Å². The van der Waals surface area contributed by atoms with E-state index in [9.17, 15) is 5.11 Å². The molecule has 0 spiro atoms. The number of aliphatic hydroxyl groups is 1. The molecule has 0 amide bonds. The van der Waals surface area contributed by atoms with Gasteiger partial charge in [-0.25, -0.2) is 0 Å². The number of pyridine rings is 1. The van der Waals surface area contributed by atoms with Gasteiger partial charge in [-0.3, -0.25) is 4.98 Å². The summed E-state index contributed by atoms with van der Waals surface area (Å²) in [4.78, 5) is 3.98. The molecule has 1 rings (SSSR count). The lowest BCUT2D eigenvalue weighted by atomic mass is 10.1. The molecule has 0 fully saturated rings. The Morgan fingerprint density at radius 1 is 1.33 bits per heavy atom. The van der Waals surface area contributed by atoms with Crippen LogP contribution in [-0.4, -0.2) is 34.9 Å². The first kappa shape index (κ1) is 15.1. The van der Waals surface area contributed by atoms with Crippen molar-refractivity contribution in [2.75, 3.05) is 13.2 Å². The Balaban J connectivity index is 2.28. The highest BCUT2D eigenvalue weighted by molar-refractivity contribution is 5.13. The maximum absolute atomic E-state index is 9.81. The van der Waals surface area contributed by atoms with Crippen LogP contribution in [0.1, 0.15) is 39.3 Å². The van der Waals surface area contributed by atoms with Crippen molar-refractivity contribution in [2.24, 2.45) is 0 Å². The van der Waals surface area contributed by atoms with E-state index in [4.69, 9.17) is 4.74 Å². The fourth-order valence-electron chi connectivity index (χ4n) is 1.49. The van der Waals surface area contributed by atoms with Gasteiger partial charge in [-0.1, -0.05) is 0 Å². The number of ether oxygens (including phenoxy) is 1. The first-order valence-electron chi connectivity index (χ1n) is 6.34. The maximum atomic E-state index is 9.81. The summed E-state index contributed by atoms with van der Waals surface area (Å²) in [7, 11) is 0. The Bertz CT molecular complexity index is 335. The van der Waals surface area contributed by atoms with Gasteiger partial charge in [0, 0.05) is 25.0 Å². The van der Waals surface area contributed by atoms with Gasteiger partial charge in [0.2, 0.25) is 0 Å². The van der Waals surface area contributed by atoms with Gasteiger partial charge in [0.1, 0.15) is 0 Å². The van der Waals surface area contributed by atoms with E-state index in [1.165, 1.54) is 0 Å². The summed E-state index contributed by atoms with van der Waals surface area (Å²) < 4.78 is 5.53. The second-order valence-electron chi connectivity index (χ2n) is 5.49. The molecule has 4 heteroatoms. The summed E-state index contributed by atoms with van der Waals surface area (Å²) in [6.45, 7) is 8.86. The van der Waals surface area contributed by atoms with Crippen molar-refractivity contribution in [1.29, 1.82) is 0 Å². The van der Waals surface area contributed by atoms with Crippen molar-refractivity contribution in [2.45, 2.75) is 45.4 Å². The number of nitrogens with one attached hydrogen (secondary N) is 1. The number of aromatic nitrogens is 1. The zero-order valence-electron chi connectivity index (χ0n) is 11.7. The predicted octanol–water partition coefficient (Wildman–Crippen LogP) is 1.91. The second-order valence-corrected chi connectivity index (χ2v) is 5.49. The van der Waals surface area contributed by atoms with Crippen LogP contribution in [0.5, 0.6) is 0 Å². The Morgan fingerprint density at radius 3 is 2.50 bits per heavy atom. The summed E-state index contributed by atoms with van der Waals surface area (Å²) in [5.41, 5.74) is 0.950. The Labute approximate surface area is 109 Å². The van der Waals surface area contributed by atoms with Gasteiger partial charge in [-0.15, -0.1) is 0 Å². The molecule has 1 aromatic heterocycles. The van der Waals surface area contributed by atoms with Gasteiger partial charge in [-0.2, -0.15) is 0 Å². The van der Waals surface area contributed by atoms with Crippen LogP contribution < -0.4 is 5.32 Å². The van der Waals surface area contributed by atoms with Gasteiger partial charge >= 0.3 is 0 Å². The molecule has 1 heterocycles. The maximum Gasteiger partial charge on any atom is 0.0898 e. The third-order valence-electron chi connectivity index (χ3n) is 2.57. The Hall–Kier alpha value is -0.970. The zero-order chi connectivity index (χ0) is 13.6. The van der Waals surface area contributed by atoms with Crippen molar-refractivity contribution in [3.8, 4) is 0 Å². The monoisotopic (exact) mass is 252 g/mol. The summed E-state index contributed by atoms with van der Waals surface area (Å²) in [5.74, 6) is 0. The van der Waals surface area contributed by atoms with Crippen molar-refractivity contribution in [3.05, 3.63) is 30.1 Å². The number of rotatable bonds is 6. The molecular formula is C14H24N2O2. The first-order valence-corrected chi connectivity index (χ1v) is 6.34. The van der Waals surface area contributed by atoms with E-state index in [0.717, 1.165) is 5.56 Å². The van der Waals surface area contributed by atoms with E-state index >= 15 is 0 Å². The van der Waals surface area contributed by atoms with E-state index in [-0.39, 0.29) is 11.6 Å². The fraction of sp³-hybridized carbons (Fsp3) is 0.643. The lowest BCUT2D eigenvalue weighted by Gasteiger charge is -2.23. The molecule has 0 aliphatic carbocycles. The highest BCUT2D eigenvalue weighted by Gasteiger charge is 2.14.